The third-order valence-electron chi connectivity index (χ3n) is 3.29. The predicted octanol–water partition coefficient (Wildman–Crippen LogP) is 0.415. The van der Waals surface area contributed by atoms with Gasteiger partial charge in [-0.2, -0.15) is 0 Å². The zero-order chi connectivity index (χ0) is 14.2. The van der Waals surface area contributed by atoms with E-state index in [1.165, 1.54) is 16.7 Å². The molecule has 19 heavy (non-hydrogen) atoms. The Kier molecular flexibility index (Phi) is 3.79. The number of hydrogen-bond acceptors (Lipinski definition) is 6. The van der Waals surface area contributed by atoms with Crippen molar-refractivity contribution >= 4 is 29.5 Å². The maximum Gasteiger partial charge on any atom is 0.243 e. The van der Waals surface area contributed by atoms with E-state index in [2.05, 4.69) is 10.2 Å². The number of carbonyl (C=O) groups excluding carboxylic acids is 2. The second-order valence-electron chi connectivity index (χ2n) is 4.57. The van der Waals surface area contributed by atoms with Gasteiger partial charge in [0.2, 0.25) is 17.8 Å². The van der Waals surface area contributed by atoms with E-state index in [0.717, 1.165) is 6.42 Å². The molecule has 0 aliphatic carbocycles. The largest absolute Gasteiger partial charge is 0.368 e. The van der Waals surface area contributed by atoms with Gasteiger partial charge in [0.25, 0.3) is 0 Å². The first-order valence-electron chi connectivity index (χ1n) is 6.13. The molecular weight excluding hydrogens is 266 g/mol. The highest BCUT2D eigenvalue weighted by atomic mass is 32.2. The Hall–Kier alpha value is -1.57. The topological polar surface area (TPSA) is 94.1 Å². The van der Waals surface area contributed by atoms with Gasteiger partial charge in [-0.1, -0.05) is 18.7 Å². The zero-order valence-electron chi connectivity index (χ0n) is 11.2. The lowest BCUT2D eigenvalue weighted by Crippen LogP contribution is -2.38. The molecule has 0 spiro atoms. The van der Waals surface area contributed by atoms with Gasteiger partial charge in [-0.05, 0) is 13.3 Å². The van der Waals surface area contributed by atoms with E-state index >= 15 is 0 Å². The predicted molar refractivity (Wildman–Crippen MR) is 71.3 cm³/mol. The molecule has 1 aliphatic heterocycles. The van der Waals surface area contributed by atoms with E-state index in [0.29, 0.717) is 5.16 Å². The Balaban J connectivity index is 2.13. The number of anilines is 1. The molecule has 0 saturated carbocycles. The molecule has 8 heteroatoms. The molecule has 1 saturated heterocycles. The van der Waals surface area contributed by atoms with Gasteiger partial charge in [-0.15, -0.1) is 10.2 Å². The lowest BCUT2D eigenvalue weighted by Gasteiger charge is -2.21. The molecule has 2 N–H and O–H groups in total. The van der Waals surface area contributed by atoms with Crippen molar-refractivity contribution < 1.29 is 9.59 Å². The van der Waals surface area contributed by atoms with Crippen LogP contribution in [-0.4, -0.2) is 42.8 Å². The average Bonchev–Trinajstić information content (AvgIpc) is 2.83. The second kappa shape index (κ2) is 5.20. The molecule has 2 rings (SSSR count). The molecule has 2 unspecified atom stereocenters. The van der Waals surface area contributed by atoms with Crippen LogP contribution in [0.1, 0.15) is 26.7 Å². The van der Waals surface area contributed by atoms with Crippen LogP contribution in [0.15, 0.2) is 5.16 Å². The summed E-state index contributed by atoms with van der Waals surface area (Å²) >= 11 is 1.24. The highest BCUT2D eigenvalue weighted by molar-refractivity contribution is 8.00. The summed E-state index contributed by atoms with van der Waals surface area (Å²) in [6, 6.07) is -0.0600. The van der Waals surface area contributed by atoms with Crippen molar-refractivity contribution in [1.29, 1.82) is 0 Å². The van der Waals surface area contributed by atoms with Crippen molar-refractivity contribution in [3.8, 4) is 0 Å². The zero-order valence-corrected chi connectivity index (χ0v) is 12.0. The van der Waals surface area contributed by atoms with Gasteiger partial charge in [0.15, 0.2) is 5.16 Å². The monoisotopic (exact) mass is 283 g/mol. The quantitative estimate of drug-likeness (QED) is 0.805. The van der Waals surface area contributed by atoms with Crippen molar-refractivity contribution in [2.24, 2.45) is 7.05 Å². The highest BCUT2D eigenvalue weighted by Crippen LogP contribution is 2.31. The smallest absolute Gasteiger partial charge is 0.243 e. The maximum absolute atomic E-state index is 12.2. The summed E-state index contributed by atoms with van der Waals surface area (Å²) in [7, 11) is 1.73. The number of carbonyl (C=O) groups is 2. The summed E-state index contributed by atoms with van der Waals surface area (Å²) in [4.78, 5) is 25.5. The lowest BCUT2D eigenvalue weighted by atomic mass is 10.2. The van der Waals surface area contributed by atoms with Crippen LogP contribution in [0, 0.1) is 0 Å². The van der Waals surface area contributed by atoms with Gasteiger partial charge in [-0.25, -0.2) is 0 Å². The van der Waals surface area contributed by atoms with Crippen LogP contribution in [0.25, 0.3) is 0 Å². The Morgan fingerprint density at radius 1 is 1.47 bits per heavy atom. The molecule has 1 aromatic rings. The highest BCUT2D eigenvalue weighted by Gasteiger charge is 2.41. The van der Waals surface area contributed by atoms with Crippen LogP contribution < -0.4 is 5.73 Å². The van der Waals surface area contributed by atoms with Gasteiger partial charge in [-0.3, -0.25) is 19.1 Å². The first-order chi connectivity index (χ1) is 8.95. The van der Waals surface area contributed by atoms with E-state index in [1.807, 2.05) is 13.8 Å². The number of aromatic nitrogens is 3. The summed E-state index contributed by atoms with van der Waals surface area (Å²) in [5.41, 5.74) is 5.59. The van der Waals surface area contributed by atoms with Crippen molar-refractivity contribution in [2.45, 2.75) is 43.1 Å². The first kappa shape index (κ1) is 13.9. The van der Waals surface area contributed by atoms with E-state index in [1.54, 1.807) is 11.6 Å². The molecule has 1 fully saturated rings. The fraction of sp³-hybridized carbons (Fsp3) is 0.636. The van der Waals surface area contributed by atoms with Gasteiger partial charge >= 0.3 is 0 Å². The number of thioether (sulfide) groups is 1. The van der Waals surface area contributed by atoms with Crippen molar-refractivity contribution in [3.63, 3.8) is 0 Å². The molecule has 2 heterocycles. The minimum absolute atomic E-state index is 0.0600. The van der Waals surface area contributed by atoms with Gasteiger partial charge in [0.05, 0.1) is 0 Å². The third kappa shape index (κ3) is 2.44. The summed E-state index contributed by atoms with van der Waals surface area (Å²) < 4.78 is 1.61. The minimum Gasteiger partial charge on any atom is -0.368 e. The van der Waals surface area contributed by atoms with Gasteiger partial charge in [0.1, 0.15) is 5.25 Å². The number of nitrogens with two attached hydrogens (primary N) is 1. The maximum atomic E-state index is 12.2. The number of amides is 2. The average molecular weight is 283 g/mol. The standard InChI is InChI=1S/C11H17N5O2S/c1-4-6(2)16-8(17)5-7(9(16)18)19-11-14-13-10(12)15(11)3/h6-7H,4-5H2,1-3H3,(H2,12,13). The van der Waals surface area contributed by atoms with Crippen LogP contribution in [0.5, 0.6) is 0 Å². The number of hydrogen-bond donors (Lipinski definition) is 1. The normalized spacial score (nSPS) is 21.2. The van der Waals surface area contributed by atoms with Crippen molar-refractivity contribution in [3.05, 3.63) is 0 Å². The molecule has 1 aromatic heterocycles. The molecule has 2 amide bonds. The third-order valence-corrected chi connectivity index (χ3v) is 4.51. The number of rotatable bonds is 4. The van der Waals surface area contributed by atoms with E-state index < -0.39 is 5.25 Å². The molecule has 7 nitrogen and oxygen atoms in total. The van der Waals surface area contributed by atoms with Crippen LogP contribution in [0.2, 0.25) is 0 Å². The summed E-state index contributed by atoms with van der Waals surface area (Å²) in [6.45, 7) is 3.83. The van der Waals surface area contributed by atoms with Crippen molar-refractivity contribution in [2.75, 3.05) is 5.73 Å². The van der Waals surface area contributed by atoms with Crippen LogP contribution in [0.3, 0.4) is 0 Å². The van der Waals surface area contributed by atoms with Crippen LogP contribution >= 0.6 is 11.8 Å². The van der Waals surface area contributed by atoms with Gasteiger partial charge < -0.3 is 5.73 Å². The molecule has 104 valence electrons. The van der Waals surface area contributed by atoms with Crippen molar-refractivity contribution in [1.82, 2.24) is 19.7 Å². The first-order valence-corrected chi connectivity index (χ1v) is 7.01. The fourth-order valence-electron chi connectivity index (χ4n) is 1.92. The molecule has 0 radical (unpaired) electrons. The summed E-state index contributed by atoms with van der Waals surface area (Å²) in [5.74, 6) is 0.0240. The Morgan fingerprint density at radius 2 is 2.16 bits per heavy atom. The number of nitrogen functional groups attached to an aromatic ring is 1. The lowest BCUT2D eigenvalue weighted by molar-refractivity contribution is -0.140. The SMILES string of the molecule is CCC(C)N1C(=O)CC(Sc2nnc(N)n2C)C1=O. The number of nitrogens with zero attached hydrogens (tertiary/aromatic N) is 4. The Morgan fingerprint density at radius 3 is 2.68 bits per heavy atom. The second-order valence-corrected chi connectivity index (χ2v) is 5.74. The summed E-state index contributed by atoms with van der Waals surface area (Å²) in [6.07, 6.45) is 0.965. The molecule has 1 aliphatic rings. The van der Waals surface area contributed by atoms with Crippen LogP contribution in [-0.2, 0) is 16.6 Å². The van der Waals surface area contributed by atoms with Crippen LogP contribution in [0.4, 0.5) is 5.95 Å². The molecule has 2 atom stereocenters. The Labute approximate surface area is 115 Å². The molecular formula is C11H17N5O2S. The molecule has 0 aromatic carbocycles. The fourth-order valence-corrected chi connectivity index (χ4v) is 2.95. The van der Waals surface area contributed by atoms with E-state index in [-0.39, 0.29) is 30.2 Å². The number of likely N-dealkylation sites (tertiary alicyclic amines) is 1. The summed E-state index contributed by atoms with van der Waals surface area (Å²) in [5, 5.41) is 7.75. The number of imide groups is 1. The van der Waals surface area contributed by atoms with E-state index in [9.17, 15) is 9.59 Å². The van der Waals surface area contributed by atoms with E-state index in [4.69, 9.17) is 5.73 Å². The van der Waals surface area contributed by atoms with Gasteiger partial charge in [0, 0.05) is 19.5 Å². The molecule has 0 bridgehead atoms. The minimum atomic E-state index is -0.427. The Bertz CT molecular complexity index is 515.